The van der Waals surface area contributed by atoms with E-state index in [1.54, 1.807) is 18.2 Å². The van der Waals surface area contributed by atoms with E-state index in [-0.39, 0.29) is 18.4 Å². The first kappa shape index (κ1) is 16.7. The van der Waals surface area contributed by atoms with Crippen LogP contribution in [0.5, 0.6) is 5.75 Å². The third-order valence-electron chi connectivity index (χ3n) is 3.29. The van der Waals surface area contributed by atoms with Gasteiger partial charge in [0.1, 0.15) is 5.75 Å². The SMILES string of the molecule is O=C(CSCc1cccc(Cl)c1)Nc1ccc2c(c1)NC(=O)CO2. The Morgan fingerprint density at radius 3 is 3.00 bits per heavy atom. The lowest BCUT2D eigenvalue weighted by Gasteiger charge is -2.18. The van der Waals surface area contributed by atoms with Crippen molar-refractivity contribution in [2.24, 2.45) is 0 Å². The van der Waals surface area contributed by atoms with Gasteiger partial charge in [-0.3, -0.25) is 9.59 Å². The summed E-state index contributed by atoms with van der Waals surface area (Å²) in [7, 11) is 0. The number of hydrogen-bond donors (Lipinski definition) is 2. The van der Waals surface area contributed by atoms with Crippen LogP contribution in [0.1, 0.15) is 5.56 Å². The molecule has 2 amide bonds. The molecule has 0 aliphatic carbocycles. The quantitative estimate of drug-likeness (QED) is 0.853. The van der Waals surface area contributed by atoms with Crippen LogP contribution in [0.4, 0.5) is 11.4 Å². The van der Waals surface area contributed by atoms with E-state index in [1.807, 2.05) is 24.3 Å². The molecule has 0 aromatic heterocycles. The number of thioether (sulfide) groups is 1. The second-order valence-corrected chi connectivity index (χ2v) is 6.64. The number of anilines is 2. The Labute approximate surface area is 148 Å². The first-order chi connectivity index (χ1) is 11.6. The molecule has 3 rings (SSSR count). The number of amides is 2. The Kier molecular flexibility index (Phi) is 5.27. The third-order valence-corrected chi connectivity index (χ3v) is 4.53. The van der Waals surface area contributed by atoms with Gasteiger partial charge in [0.25, 0.3) is 5.91 Å². The van der Waals surface area contributed by atoms with E-state index in [0.717, 1.165) is 5.56 Å². The second-order valence-electron chi connectivity index (χ2n) is 5.22. The minimum absolute atomic E-state index is 0.0127. The molecule has 0 spiro atoms. The van der Waals surface area contributed by atoms with Crippen molar-refractivity contribution >= 4 is 46.6 Å². The van der Waals surface area contributed by atoms with Gasteiger partial charge in [0.05, 0.1) is 11.4 Å². The van der Waals surface area contributed by atoms with Crippen LogP contribution in [0.15, 0.2) is 42.5 Å². The van der Waals surface area contributed by atoms with Gasteiger partial charge in [-0.1, -0.05) is 23.7 Å². The minimum atomic E-state index is -0.206. The minimum Gasteiger partial charge on any atom is -0.482 e. The molecule has 1 heterocycles. The fraction of sp³-hybridized carbons (Fsp3) is 0.176. The van der Waals surface area contributed by atoms with Crippen molar-refractivity contribution in [2.75, 3.05) is 23.0 Å². The molecule has 7 heteroatoms. The maximum Gasteiger partial charge on any atom is 0.262 e. The number of halogens is 1. The van der Waals surface area contributed by atoms with E-state index >= 15 is 0 Å². The van der Waals surface area contributed by atoms with Gasteiger partial charge in [-0.25, -0.2) is 0 Å². The highest BCUT2D eigenvalue weighted by Crippen LogP contribution is 2.30. The zero-order valence-electron chi connectivity index (χ0n) is 12.7. The fourth-order valence-corrected chi connectivity index (χ4v) is 3.23. The molecule has 0 bridgehead atoms. The van der Waals surface area contributed by atoms with E-state index in [0.29, 0.717) is 33.7 Å². The van der Waals surface area contributed by atoms with Gasteiger partial charge in [-0.05, 0) is 35.9 Å². The molecule has 0 unspecified atom stereocenters. The average Bonchev–Trinajstić information content (AvgIpc) is 2.54. The fourth-order valence-electron chi connectivity index (χ4n) is 2.25. The van der Waals surface area contributed by atoms with Crippen molar-refractivity contribution in [2.45, 2.75) is 5.75 Å². The number of nitrogens with one attached hydrogen (secondary N) is 2. The molecule has 2 N–H and O–H groups in total. The summed E-state index contributed by atoms with van der Waals surface area (Å²) >= 11 is 7.44. The van der Waals surface area contributed by atoms with E-state index in [2.05, 4.69) is 10.6 Å². The van der Waals surface area contributed by atoms with E-state index in [1.165, 1.54) is 11.8 Å². The van der Waals surface area contributed by atoms with Crippen molar-refractivity contribution in [1.82, 2.24) is 0 Å². The molecule has 2 aromatic carbocycles. The van der Waals surface area contributed by atoms with Crippen LogP contribution >= 0.6 is 23.4 Å². The highest BCUT2D eigenvalue weighted by molar-refractivity contribution is 7.99. The number of carbonyl (C=O) groups is 2. The Hall–Kier alpha value is -2.18. The first-order valence-corrected chi connectivity index (χ1v) is 8.82. The van der Waals surface area contributed by atoms with E-state index in [4.69, 9.17) is 16.3 Å². The predicted octanol–water partition coefficient (Wildman–Crippen LogP) is 3.54. The summed E-state index contributed by atoms with van der Waals surface area (Å²) in [6.07, 6.45) is 0. The summed E-state index contributed by atoms with van der Waals surface area (Å²) < 4.78 is 5.28. The maximum absolute atomic E-state index is 12.0. The largest absolute Gasteiger partial charge is 0.482 e. The number of ether oxygens (including phenoxy) is 1. The van der Waals surface area contributed by atoms with Crippen molar-refractivity contribution in [1.29, 1.82) is 0 Å². The van der Waals surface area contributed by atoms with Crippen LogP contribution in [0.2, 0.25) is 5.02 Å². The lowest BCUT2D eigenvalue weighted by atomic mass is 10.2. The Balaban J connectivity index is 1.52. The number of fused-ring (bicyclic) bond motifs is 1. The molecular formula is C17H15ClN2O3S. The summed E-state index contributed by atoms with van der Waals surface area (Å²) in [5.74, 6) is 1.32. The van der Waals surface area contributed by atoms with Gasteiger partial charge >= 0.3 is 0 Å². The summed E-state index contributed by atoms with van der Waals surface area (Å²) in [6.45, 7) is 0.0127. The zero-order valence-corrected chi connectivity index (χ0v) is 14.2. The van der Waals surface area contributed by atoms with E-state index in [9.17, 15) is 9.59 Å². The third kappa shape index (κ3) is 4.43. The Morgan fingerprint density at radius 1 is 1.29 bits per heavy atom. The maximum atomic E-state index is 12.0. The molecular weight excluding hydrogens is 348 g/mol. The van der Waals surface area contributed by atoms with Crippen molar-refractivity contribution in [3.05, 3.63) is 53.1 Å². The highest BCUT2D eigenvalue weighted by atomic mass is 35.5. The molecule has 124 valence electrons. The molecule has 1 aliphatic heterocycles. The summed E-state index contributed by atoms with van der Waals surface area (Å²) in [6, 6.07) is 12.7. The van der Waals surface area contributed by atoms with Gasteiger partial charge in [0.2, 0.25) is 5.91 Å². The molecule has 5 nitrogen and oxygen atoms in total. The number of benzene rings is 2. The standard InChI is InChI=1S/C17H15ClN2O3S/c18-12-3-1-2-11(6-12)9-24-10-17(22)19-13-4-5-15-14(7-13)20-16(21)8-23-15/h1-7H,8-10H2,(H,19,22)(H,20,21). The van der Waals surface area contributed by atoms with Crippen molar-refractivity contribution in [3.8, 4) is 5.75 Å². The predicted molar refractivity (Wildman–Crippen MR) is 96.8 cm³/mol. The van der Waals surface area contributed by atoms with Crippen LogP contribution in [0, 0.1) is 0 Å². The second kappa shape index (κ2) is 7.59. The van der Waals surface area contributed by atoms with Crippen LogP contribution in [-0.4, -0.2) is 24.2 Å². The topological polar surface area (TPSA) is 67.4 Å². The van der Waals surface area contributed by atoms with Crippen LogP contribution < -0.4 is 15.4 Å². The van der Waals surface area contributed by atoms with Gasteiger partial charge in [-0.15, -0.1) is 11.8 Å². The van der Waals surface area contributed by atoms with Gasteiger partial charge in [0.15, 0.2) is 6.61 Å². The molecule has 24 heavy (non-hydrogen) atoms. The molecule has 0 fully saturated rings. The monoisotopic (exact) mass is 362 g/mol. The van der Waals surface area contributed by atoms with Crippen LogP contribution in [0.25, 0.3) is 0 Å². The van der Waals surface area contributed by atoms with Gasteiger partial charge in [0, 0.05) is 16.5 Å². The molecule has 2 aromatic rings. The Morgan fingerprint density at radius 2 is 2.17 bits per heavy atom. The number of carbonyl (C=O) groups excluding carboxylic acids is 2. The summed E-state index contributed by atoms with van der Waals surface area (Å²) in [5.41, 5.74) is 2.26. The number of hydrogen-bond acceptors (Lipinski definition) is 4. The number of rotatable bonds is 5. The summed E-state index contributed by atoms with van der Waals surface area (Å²) in [4.78, 5) is 23.3. The van der Waals surface area contributed by atoms with Crippen LogP contribution in [0.3, 0.4) is 0 Å². The van der Waals surface area contributed by atoms with E-state index < -0.39 is 0 Å². The smallest absolute Gasteiger partial charge is 0.262 e. The average molecular weight is 363 g/mol. The van der Waals surface area contributed by atoms with Crippen molar-refractivity contribution < 1.29 is 14.3 Å². The molecule has 0 saturated heterocycles. The molecule has 0 radical (unpaired) electrons. The Bertz CT molecular complexity index is 782. The first-order valence-electron chi connectivity index (χ1n) is 7.29. The lowest BCUT2D eigenvalue weighted by molar-refractivity contribution is -0.118. The molecule has 1 aliphatic rings. The highest BCUT2D eigenvalue weighted by Gasteiger charge is 2.16. The molecule has 0 atom stereocenters. The normalized spacial score (nSPS) is 12.8. The van der Waals surface area contributed by atoms with Crippen LogP contribution in [-0.2, 0) is 15.3 Å². The lowest BCUT2D eigenvalue weighted by Crippen LogP contribution is -2.25. The van der Waals surface area contributed by atoms with Gasteiger partial charge in [-0.2, -0.15) is 0 Å². The zero-order chi connectivity index (χ0) is 16.9. The van der Waals surface area contributed by atoms with Gasteiger partial charge < -0.3 is 15.4 Å². The molecule has 0 saturated carbocycles. The summed E-state index contributed by atoms with van der Waals surface area (Å²) in [5, 5.41) is 6.21. The van der Waals surface area contributed by atoms with Crippen molar-refractivity contribution in [3.63, 3.8) is 0 Å².